The Bertz CT molecular complexity index is 3030. The lowest BCUT2D eigenvalue weighted by atomic mass is 9.84. The van der Waals surface area contributed by atoms with Gasteiger partial charge in [-0.25, -0.2) is 0 Å². The number of carbonyl (C=O) groups excluding carboxylic acids is 7. The first-order valence-electron chi connectivity index (χ1n) is 25.5. The Morgan fingerprint density at radius 2 is 1.01 bits per heavy atom. The highest BCUT2D eigenvalue weighted by molar-refractivity contribution is 6.00. The van der Waals surface area contributed by atoms with Crippen molar-refractivity contribution in [2.24, 2.45) is 23.3 Å². The van der Waals surface area contributed by atoms with E-state index in [9.17, 15) is 74.1 Å². The van der Waals surface area contributed by atoms with Gasteiger partial charge in [-0.3, -0.25) is 38.4 Å². The van der Waals surface area contributed by atoms with E-state index in [-0.39, 0.29) is 68.9 Å². The number of ketones is 3. The Morgan fingerprint density at radius 1 is 0.506 bits per heavy atom. The number of aliphatic hydroxyl groups is 1. The van der Waals surface area contributed by atoms with Gasteiger partial charge in [0.2, 0.25) is 23.6 Å². The molecule has 0 aromatic heterocycles. The number of nitrogens with one attached hydrogen (secondary N) is 3. The minimum Gasteiger partial charge on any atom is -0.508 e. The van der Waals surface area contributed by atoms with Gasteiger partial charge in [-0.1, -0.05) is 69.3 Å². The van der Waals surface area contributed by atoms with E-state index in [2.05, 4.69) is 16.0 Å². The molecular formula is C59H69N5O15. The number of rotatable bonds is 27. The third-order valence-electron chi connectivity index (χ3n) is 13.8. The molecule has 0 aliphatic heterocycles. The van der Waals surface area contributed by atoms with Crippen molar-refractivity contribution in [2.45, 2.75) is 122 Å². The molecule has 0 aliphatic carbocycles. The lowest BCUT2D eigenvalue weighted by molar-refractivity contribution is -0.141. The van der Waals surface area contributed by atoms with Gasteiger partial charge in [0.05, 0.1) is 29.8 Å². The Balaban J connectivity index is 1.53. The zero-order valence-electron chi connectivity index (χ0n) is 44.7. The molecule has 0 saturated heterocycles. The van der Waals surface area contributed by atoms with E-state index in [1.165, 1.54) is 97.9 Å². The van der Waals surface area contributed by atoms with E-state index < -0.39 is 127 Å². The number of aliphatic hydroxyl groups excluding tert-OH is 1. The molecular weight excluding hydrogens is 1020 g/mol. The molecule has 0 spiro atoms. The van der Waals surface area contributed by atoms with E-state index in [0.717, 1.165) is 0 Å². The van der Waals surface area contributed by atoms with E-state index in [0.29, 0.717) is 16.7 Å². The Morgan fingerprint density at radius 3 is 1.54 bits per heavy atom. The number of phenols is 5. The average molecular weight is 1090 g/mol. The fourth-order valence-corrected chi connectivity index (χ4v) is 9.36. The first-order valence-corrected chi connectivity index (χ1v) is 25.5. The van der Waals surface area contributed by atoms with Gasteiger partial charge in [-0.15, -0.1) is 0 Å². The maximum Gasteiger partial charge on any atom is 0.311 e. The Kier molecular flexibility index (Phi) is 21.0. The number of carboxylic acids is 1. The first-order chi connectivity index (χ1) is 37.1. The fraction of sp³-hybridized carbons (Fsp3) is 0.356. The van der Waals surface area contributed by atoms with E-state index in [1.54, 1.807) is 32.9 Å². The fourth-order valence-electron chi connectivity index (χ4n) is 9.36. The summed E-state index contributed by atoms with van der Waals surface area (Å²) in [7, 11) is 0. The average Bonchev–Trinajstić information content (AvgIpc) is 3.38. The van der Waals surface area contributed by atoms with Crippen LogP contribution < -0.4 is 27.4 Å². The molecule has 20 nitrogen and oxygen atoms in total. The zero-order chi connectivity index (χ0) is 58.6. The van der Waals surface area contributed by atoms with Gasteiger partial charge in [0.15, 0.2) is 17.3 Å². The van der Waals surface area contributed by atoms with Gasteiger partial charge in [0.1, 0.15) is 46.9 Å². The third-order valence-corrected chi connectivity index (χ3v) is 13.8. The summed E-state index contributed by atoms with van der Waals surface area (Å²) in [6.07, 6.45) is -4.67. The molecule has 9 unspecified atom stereocenters. The van der Waals surface area contributed by atoms with Crippen LogP contribution in [0.15, 0.2) is 103 Å². The minimum atomic E-state index is -1.92. The molecule has 9 atom stereocenters. The standard InChI is InChI=1S/C59H69N5O15/c1-29(2)19-45(60)58(77)62-52(33(6)36-11-17-46(68)31(4)22-36)48(70)25-39(26-51(61)73)56(75)63-53(35-9-15-41(66)16-10-35)49(71)27-43(34-7-13-40(65)14-8-34)57(76)64-54(55(74)37-12-18-47(69)32(5)23-37)50(72)28-44(59(78)79)38-20-30(3)21-42(67)24-38/h7-18,20-24,29,33,39,43-45,52-55,65-69,74H,19,25-28,60H2,1-6H3,(H2,61,73)(H,62,77)(H,63,75)(H,64,76)(H,78,79). The van der Waals surface area contributed by atoms with Crippen molar-refractivity contribution in [3.63, 3.8) is 0 Å². The summed E-state index contributed by atoms with van der Waals surface area (Å²) in [5.74, 6) is -14.3. The molecule has 5 aromatic rings. The maximum absolute atomic E-state index is 15.0. The number of Topliss-reactive ketones (excluding diaryl/α,β-unsaturated/α-hetero) is 3. The van der Waals surface area contributed by atoms with Crippen molar-refractivity contribution in [1.82, 2.24) is 16.0 Å². The molecule has 420 valence electrons. The number of carbonyl (C=O) groups is 8. The molecule has 0 bridgehead atoms. The number of nitrogens with two attached hydrogens (primary N) is 2. The minimum absolute atomic E-state index is 0.00596. The van der Waals surface area contributed by atoms with Crippen molar-refractivity contribution in [2.75, 3.05) is 0 Å². The number of aromatic hydroxyl groups is 5. The predicted molar refractivity (Wildman–Crippen MR) is 290 cm³/mol. The summed E-state index contributed by atoms with van der Waals surface area (Å²) in [4.78, 5) is 112. The summed E-state index contributed by atoms with van der Waals surface area (Å²) >= 11 is 0. The maximum atomic E-state index is 15.0. The van der Waals surface area contributed by atoms with Crippen molar-refractivity contribution < 1.29 is 74.1 Å². The van der Waals surface area contributed by atoms with E-state index in [1.807, 2.05) is 13.8 Å². The number of carboxylic acid groups (broad SMARTS) is 1. The Hall–Kier alpha value is -8.62. The second-order valence-corrected chi connectivity index (χ2v) is 20.6. The molecule has 20 heteroatoms. The van der Waals surface area contributed by atoms with Crippen LogP contribution in [0.4, 0.5) is 0 Å². The molecule has 0 aliphatic rings. The van der Waals surface area contributed by atoms with Crippen LogP contribution >= 0.6 is 0 Å². The van der Waals surface area contributed by atoms with Crippen LogP contribution in [0.3, 0.4) is 0 Å². The van der Waals surface area contributed by atoms with Crippen molar-refractivity contribution in [3.05, 3.63) is 148 Å². The molecule has 5 aromatic carbocycles. The molecule has 4 amide bonds. The summed E-state index contributed by atoms with van der Waals surface area (Å²) in [6, 6.07) is 16.6. The number of primary amides is 1. The number of hydrogen-bond donors (Lipinski definition) is 12. The van der Waals surface area contributed by atoms with Crippen LogP contribution in [-0.4, -0.2) is 101 Å². The molecule has 0 heterocycles. The number of aryl methyl sites for hydroxylation is 3. The van der Waals surface area contributed by atoms with Crippen LogP contribution in [0.2, 0.25) is 0 Å². The SMILES string of the molecule is Cc1cc(O)cc(C(CC(=O)C(NC(=O)C(CC(=O)C(NC(=O)C(CC(N)=O)CC(=O)C(NC(=O)C(N)CC(C)C)C(C)c2ccc(O)c(C)c2)c2ccc(O)cc2)c2ccc(O)cc2)C(O)c2ccc(O)c(C)c2)C(=O)O)c1. The van der Waals surface area contributed by atoms with E-state index in [4.69, 9.17) is 11.5 Å². The molecule has 0 saturated carbocycles. The molecule has 79 heavy (non-hydrogen) atoms. The second-order valence-electron chi connectivity index (χ2n) is 20.6. The monoisotopic (exact) mass is 1090 g/mol. The quantitative estimate of drug-likeness (QED) is 0.0321. The zero-order valence-corrected chi connectivity index (χ0v) is 44.7. The smallest absolute Gasteiger partial charge is 0.311 e. The molecule has 14 N–H and O–H groups in total. The van der Waals surface area contributed by atoms with Crippen LogP contribution in [0.1, 0.15) is 127 Å². The van der Waals surface area contributed by atoms with Gasteiger partial charge < -0.3 is 63.2 Å². The second kappa shape index (κ2) is 27.1. The van der Waals surface area contributed by atoms with Crippen molar-refractivity contribution in [3.8, 4) is 28.7 Å². The van der Waals surface area contributed by atoms with E-state index >= 15 is 0 Å². The summed E-state index contributed by atoms with van der Waals surface area (Å²) < 4.78 is 0. The van der Waals surface area contributed by atoms with Crippen LogP contribution in [0.25, 0.3) is 0 Å². The topological polar surface area (TPSA) is 366 Å². The number of hydrogen-bond acceptors (Lipinski definition) is 15. The number of amides is 4. The number of aliphatic carboxylic acids is 1. The first kappa shape index (κ1) is 61.2. The number of benzene rings is 5. The van der Waals surface area contributed by atoms with Crippen molar-refractivity contribution >= 4 is 46.9 Å². The number of phenolic OH excluding ortho intramolecular Hbond substituents is 5. The molecule has 5 rings (SSSR count). The lowest BCUT2D eigenvalue weighted by Gasteiger charge is -2.29. The normalized spacial score (nSPS) is 14.7. The lowest BCUT2D eigenvalue weighted by Crippen LogP contribution is -2.51. The highest BCUT2D eigenvalue weighted by Gasteiger charge is 2.39. The van der Waals surface area contributed by atoms with Crippen LogP contribution in [0, 0.1) is 32.6 Å². The Labute approximate surface area is 456 Å². The third kappa shape index (κ3) is 16.7. The molecule has 0 radical (unpaired) electrons. The van der Waals surface area contributed by atoms with Crippen molar-refractivity contribution in [1.29, 1.82) is 0 Å². The predicted octanol–water partition coefficient (Wildman–Crippen LogP) is 5.20. The molecule has 0 fully saturated rings. The highest BCUT2D eigenvalue weighted by atomic mass is 16.4. The highest BCUT2D eigenvalue weighted by Crippen LogP contribution is 2.33. The van der Waals surface area contributed by atoms with Gasteiger partial charge in [0.25, 0.3) is 0 Å². The largest absolute Gasteiger partial charge is 0.508 e. The summed E-state index contributed by atoms with van der Waals surface area (Å²) in [6.45, 7) is 10.1. The van der Waals surface area contributed by atoms with Gasteiger partial charge in [-0.05, 0) is 132 Å². The summed E-state index contributed by atoms with van der Waals surface area (Å²) in [5, 5.41) is 81.5. The van der Waals surface area contributed by atoms with Crippen LogP contribution in [-0.2, 0) is 38.4 Å². The van der Waals surface area contributed by atoms with Crippen LogP contribution in [0.5, 0.6) is 28.7 Å². The summed E-state index contributed by atoms with van der Waals surface area (Å²) in [5.41, 5.74) is 13.8. The van der Waals surface area contributed by atoms with Gasteiger partial charge in [0, 0.05) is 31.6 Å². The van der Waals surface area contributed by atoms with Gasteiger partial charge >= 0.3 is 5.97 Å². The van der Waals surface area contributed by atoms with Gasteiger partial charge in [-0.2, -0.15) is 0 Å².